The zero-order valence-electron chi connectivity index (χ0n) is 9.82. The molecule has 1 rings (SSSR count). The van der Waals surface area contributed by atoms with E-state index in [2.05, 4.69) is 17.6 Å². The highest BCUT2D eigenvalue weighted by Crippen LogP contribution is 2.09. The summed E-state index contributed by atoms with van der Waals surface area (Å²) in [6.07, 6.45) is 1.29. The van der Waals surface area contributed by atoms with Gasteiger partial charge in [-0.3, -0.25) is 4.79 Å². The third-order valence-corrected chi connectivity index (χ3v) is 2.52. The number of anilines is 1. The second-order valence-electron chi connectivity index (χ2n) is 3.65. The van der Waals surface area contributed by atoms with E-state index in [9.17, 15) is 4.79 Å². The molecule has 0 radical (unpaired) electrons. The van der Waals surface area contributed by atoms with Gasteiger partial charge in [0.1, 0.15) is 0 Å². The maximum absolute atomic E-state index is 10.5. The van der Waals surface area contributed by atoms with Crippen LogP contribution in [-0.2, 0) is 11.2 Å². The summed E-state index contributed by atoms with van der Waals surface area (Å²) in [6, 6.07) is 8.05. The van der Waals surface area contributed by atoms with Crippen LogP contribution in [-0.4, -0.2) is 17.6 Å². The average Bonchev–Trinajstić information content (AvgIpc) is 2.29. The highest BCUT2D eigenvalue weighted by molar-refractivity contribution is 7.80. The van der Waals surface area contributed by atoms with E-state index >= 15 is 0 Å². The number of carbonyl (C=O) groups excluding carboxylic acids is 1. The van der Waals surface area contributed by atoms with Crippen LogP contribution in [0.4, 0.5) is 5.69 Å². The molecule has 4 N–H and O–H groups in total. The number of aryl methyl sites for hydroxylation is 1. The van der Waals surface area contributed by atoms with Crippen molar-refractivity contribution in [2.75, 3.05) is 11.9 Å². The van der Waals surface area contributed by atoms with Gasteiger partial charge < -0.3 is 16.4 Å². The Bertz CT molecular complexity index is 389. The second kappa shape index (κ2) is 6.85. The number of nitrogens with one attached hydrogen (secondary N) is 2. The van der Waals surface area contributed by atoms with Crippen molar-refractivity contribution in [2.24, 2.45) is 5.73 Å². The molecule has 5 heteroatoms. The van der Waals surface area contributed by atoms with Crippen molar-refractivity contribution in [3.8, 4) is 0 Å². The maximum atomic E-state index is 10.5. The normalized spacial score (nSPS) is 9.71. The Kier molecular flexibility index (Phi) is 5.42. The van der Waals surface area contributed by atoms with Gasteiger partial charge in [0.2, 0.25) is 5.91 Å². The summed E-state index contributed by atoms with van der Waals surface area (Å²) < 4.78 is 0. The summed E-state index contributed by atoms with van der Waals surface area (Å²) in [6.45, 7) is 2.56. The molecule has 0 fully saturated rings. The first kappa shape index (κ1) is 13.4. The van der Waals surface area contributed by atoms with Gasteiger partial charge in [-0.05, 0) is 36.3 Å². The predicted octanol–water partition coefficient (Wildman–Crippen LogP) is 1.41. The lowest BCUT2D eigenvalue weighted by Gasteiger charge is -2.10. The minimum absolute atomic E-state index is 0.274. The molecule has 1 amide bonds. The lowest BCUT2D eigenvalue weighted by molar-refractivity contribution is -0.117. The quantitative estimate of drug-likeness (QED) is 0.692. The van der Waals surface area contributed by atoms with E-state index in [-0.39, 0.29) is 12.3 Å². The van der Waals surface area contributed by atoms with E-state index in [1.54, 1.807) is 0 Å². The number of thiocarbonyl (C=S) groups is 1. The molecule has 0 heterocycles. The predicted molar refractivity (Wildman–Crippen MR) is 73.9 cm³/mol. The zero-order chi connectivity index (χ0) is 12.7. The molecule has 17 heavy (non-hydrogen) atoms. The van der Waals surface area contributed by atoms with Crippen LogP contribution in [0, 0.1) is 0 Å². The molecule has 0 atom stereocenters. The zero-order valence-corrected chi connectivity index (χ0v) is 10.6. The van der Waals surface area contributed by atoms with E-state index < -0.39 is 0 Å². The van der Waals surface area contributed by atoms with Crippen molar-refractivity contribution < 1.29 is 4.79 Å². The number of hydrogen-bond donors (Lipinski definition) is 3. The van der Waals surface area contributed by atoms with Crippen LogP contribution in [0.2, 0.25) is 0 Å². The number of amides is 1. The number of hydrogen-bond acceptors (Lipinski definition) is 2. The summed E-state index contributed by atoms with van der Waals surface area (Å²) in [7, 11) is 0. The molecule has 1 aromatic carbocycles. The molecule has 92 valence electrons. The van der Waals surface area contributed by atoms with Gasteiger partial charge >= 0.3 is 0 Å². The van der Waals surface area contributed by atoms with Crippen LogP contribution in [0.1, 0.15) is 18.9 Å². The molecule has 0 unspecified atom stereocenters. The van der Waals surface area contributed by atoms with Gasteiger partial charge in [0.25, 0.3) is 0 Å². The van der Waals surface area contributed by atoms with Crippen molar-refractivity contribution in [3.05, 3.63) is 29.8 Å². The monoisotopic (exact) mass is 251 g/mol. The van der Waals surface area contributed by atoms with Crippen LogP contribution in [0.3, 0.4) is 0 Å². The topological polar surface area (TPSA) is 67.2 Å². The first-order chi connectivity index (χ1) is 8.11. The van der Waals surface area contributed by atoms with Gasteiger partial charge in [0.15, 0.2) is 5.11 Å². The van der Waals surface area contributed by atoms with E-state index in [1.165, 1.54) is 5.56 Å². The van der Waals surface area contributed by atoms with Crippen molar-refractivity contribution in [1.82, 2.24) is 5.32 Å². The standard InChI is InChI=1S/C12H17N3OS/c1-2-9-3-5-10(6-4-9)15-12(17)14-8-7-11(13)16/h3-6H,2,7-8H2,1H3,(H2,13,16)(H2,14,15,17). The minimum Gasteiger partial charge on any atom is -0.370 e. The number of carbonyl (C=O) groups is 1. The third kappa shape index (κ3) is 5.31. The Hall–Kier alpha value is -1.62. The van der Waals surface area contributed by atoms with Crippen molar-refractivity contribution in [2.45, 2.75) is 19.8 Å². The van der Waals surface area contributed by atoms with Gasteiger partial charge in [0.05, 0.1) is 0 Å². The molecule has 0 spiro atoms. The van der Waals surface area contributed by atoms with E-state index in [4.69, 9.17) is 18.0 Å². The first-order valence-electron chi connectivity index (χ1n) is 5.54. The summed E-state index contributed by atoms with van der Waals surface area (Å²) in [5.74, 6) is -0.340. The van der Waals surface area contributed by atoms with Crippen LogP contribution in [0.5, 0.6) is 0 Å². The highest BCUT2D eigenvalue weighted by atomic mass is 32.1. The van der Waals surface area contributed by atoms with E-state index in [0.29, 0.717) is 11.7 Å². The fourth-order valence-corrected chi connectivity index (χ4v) is 1.52. The molecule has 0 saturated heterocycles. The van der Waals surface area contributed by atoms with Gasteiger partial charge in [-0.25, -0.2) is 0 Å². The summed E-state index contributed by atoms with van der Waals surface area (Å²) in [4.78, 5) is 10.5. The molecular formula is C12H17N3OS. The van der Waals surface area contributed by atoms with Crippen LogP contribution in [0.25, 0.3) is 0 Å². The van der Waals surface area contributed by atoms with Crippen LogP contribution < -0.4 is 16.4 Å². The smallest absolute Gasteiger partial charge is 0.219 e. The number of nitrogens with two attached hydrogens (primary N) is 1. The molecule has 0 aliphatic carbocycles. The Morgan fingerprint density at radius 3 is 2.53 bits per heavy atom. The lowest BCUT2D eigenvalue weighted by Crippen LogP contribution is -2.31. The van der Waals surface area contributed by atoms with E-state index in [0.717, 1.165) is 12.1 Å². The Labute approximate surface area is 107 Å². The lowest BCUT2D eigenvalue weighted by atomic mass is 10.1. The Morgan fingerprint density at radius 2 is 2.00 bits per heavy atom. The first-order valence-corrected chi connectivity index (χ1v) is 5.94. The number of primary amides is 1. The fraction of sp³-hybridized carbons (Fsp3) is 0.333. The van der Waals surface area contributed by atoms with Gasteiger partial charge in [-0.1, -0.05) is 19.1 Å². The largest absolute Gasteiger partial charge is 0.370 e. The third-order valence-electron chi connectivity index (χ3n) is 2.28. The number of rotatable bonds is 5. The van der Waals surface area contributed by atoms with E-state index in [1.807, 2.05) is 24.3 Å². The summed E-state index contributed by atoms with van der Waals surface area (Å²) in [5.41, 5.74) is 7.23. The Morgan fingerprint density at radius 1 is 1.35 bits per heavy atom. The average molecular weight is 251 g/mol. The molecule has 1 aromatic rings. The second-order valence-corrected chi connectivity index (χ2v) is 4.06. The molecule has 4 nitrogen and oxygen atoms in total. The Balaban J connectivity index is 2.37. The molecule has 0 bridgehead atoms. The fourth-order valence-electron chi connectivity index (χ4n) is 1.30. The van der Waals surface area contributed by atoms with Crippen LogP contribution >= 0.6 is 12.2 Å². The van der Waals surface area contributed by atoms with Gasteiger partial charge in [-0.15, -0.1) is 0 Å². The number of benzene rings is 1. The SMILES string of the molecule is CCc1ccc(NC(=S)NCCC(N)=O)cc1. The highest BCUT2D eigenvalue weighted by Gasteiger charge is 1.98. The van der Waals surface area contributed by atoms with Crippen molar-refractivity contribution in [1.29, 1.82) is 0 Å². The van der Waals surface area contributed by atoms with Crippen molar-refractivity contribution in [3.63, 3.8) is 0 Å². The molecule has 0 saturated carbocycles. The molecule has 0 aliphatic heterocycles. The maximum Gasteiger partial charge on any atom is 0.219 e. The van der Waals surface area contributed by atoms with Crippen LogP contribution in [0.15, 0.2) is 24.3 Å². The summed E-state index contributed by atoms with van der Waals surface area (Å²) in [5, 5.41) is 6.44. The summed E-state index contributed by atoms with van der Waals surface area (Å²) >= 11 is 5.07. The molecule has 0 aromatic heterocycles. The van der Waals surface area contributed by atoms with Gasteiger partial charge in [-0.2, -0.15) is 0 Å². The molecular weight excluding hydrogens is 234 g/mol. The van der Waals surface area contributed by atoms with Gasteiger partial charge in [0, 0.05) is 18.7 Å². The molecule has 0 aliphatic rings. The minimum atomic E-state index is -0.340. The van der Waals surface area contributed by atoms with Crippen molar-refractivity contribution >= 4 is 28.9 Å².